The lowest BCUT2D eigenvalue weighted by Crippen LogP contribution is -2.52. The number of carbonyl (C=O) groups excluding carboxylic acids is 2. The van der Waals surface area contributed by atoms with Crippen LogP contribution in [0.4, 0.5) is 0 Å². The number of nitrogens with one attached hydrogen (secondary N) is 1. The van der Waals surface area contributed by atoms with E-state index in [0.29, 0.717) is 17.3 Å². The molecule has 0 spiro atoms. The van der Waals surface area contributed by atoms with Crippen molar-refractivity contribution < 1.29 is 9.59 Å². The average molecular weight is 512 g/mol. The number of hydrogen-bond donors (Lipinski definition) is 1. The molecule has 2 amide bonds. The molecule has 162 valence electrons. The van der Waals surface area contributed by atoms with Gasteiger partial charge in [0, 0.05) is 27.3 Å². The topological polar surface area (TPSA) is 49.4 Å². The van der Waals surface area contributed by atoms with E-state index < -0.39 is 6.04 Å². The summed E-state index contributed by atoms with van der Waals surface area (Å²) < 4.78 is 1.03. The highest BCUT2D eigenvalue weighted by atomic mass is 79.9. The summed E-state index contributed by atoms with van der Waals surface area (Å²) in [4.78, 5) is 27.4. The van der Waals surface area contributed by atoms with Gasteiger partial charge in [0.1, 0.15) is 6.04 Å². The van der Waals surface area contributed by atoms with Crippen molar-refractivity contribution in [2.45, 2.75) is 51.6 Å². The first kappa shape index (κ1) is 24.8. The maximum atomic E-state index is 13.1. The van der Waals surface area contributed by atoms with E-state index in [1.54, 1.807) is 35.7 Å². The van der Waals surface area contributed by atoms with Crippen LogP contribution >= 0.6 is 39.3 Å². The van der Waals surface area contributed by atoms with Gasteiger partial charge in [0.05, 0.1) is 5.75 Å². The molecule has 2 rings (SSSR count). The van der Waals surface area contributed by atoms with E-state index in [4.69, 9.17) is 11.6 Å². The maximum Gasteiger partial charge on any atom is 0.242 e. The summed E-state index contributed by atoms with van der Waals surface area (Å²) in [6.07, 6.45) is 0. The minimum Gasteiger partial charge on any atom is -0.350 e. The van der Waals surface area contributed by atoms with Gasteiger partial charge in [-0.3, -0.25) is 9.59 Å². The Balaban J connectivity index is 2.08. The molecular formula is C23H28BrClN2O2S. The van der Waals surface area contributed by atoms with Crippen molar-refractivity contribution in [1.29, 1.82) is 0 Å². The number of thioether (sulfide) groups is 1. The quantitative estimate of drug-likeness (QED) is 0.497. The Kier molecular flexibility index (Phi) is 9.26. The highest BCUT2D eigenvalue weighted by molar-refractivity contribution is 9.10. The first-order valence-corrected chi connectivity index (χ1v) is 12.1. The lowest BCUT2D eigenvalue weighted by Gasteiger charge is -2.31. The van der Waals surface area contributed by atoms with Gasteiger partial charge in [-0.15, -0.1) is 11.8 Å². The van der Waals surface area contributed by atoms with Gasteiger partial charge in [-0.1, -0.05) is 51.8 Å². The van der Waals surface area contributed by atoms with Gasteiger partial charge < -0.3 is 10.2 Å². The lowest BCUT2D eigenvalue weighted by atomic mass is 10.1. The maximum absolute atomic E-state index is 13.1. The van der Waals surface area contributed by atoms with Crippen LogP contribution in [0.2, 0.25) is 5.02 Å². The summed E-state index contributed by atoms with van der Waals surface area (Å²) in [5.74, 6) is 0.805. The molecule has 1 unspecified atom stereocenters. The van der Waals surface area contributed by atoms with E-state index in [2.05, 4.69) is 21.2 Å². The summed E-state index contributed by atoms with van der Waals surface area (Å²) in [6, 6.07) is 14.8. The molecule has 4 nitrogen and oxygen atoms in total. The van der Waals surface area contributed by atoms with Crippen molar-refractivity contribution in [3.63, 3.8) is 0 Å². The molecule has 0 fully saturated rings. The third kappa shape index (κ3) is 8.32. The minimum atomic E-state index is -0.583. The predicted molar refractivity (Wildman–Crippen MR) is 130 cm³/mol. The fourth-order valence-corrected chi connectivity index (χ4v) is 4.02. The van der Waals surface area contributed by atoms with Crippen LogP contribution in [0, 0.1) is 0 Å². The Bertz CT molecular complexity index is 851. The Morgan fingerprint density at radius 2 is 1.63 bits per heavy atom. The number of nitrogens with zero attached hydrogens (tertiary/aromatic N) is 1. The van der Waals surface area contributed by atoms with E-state index in [9.17, 15) is 9.59 Å². The van der Waals surface area contributed by atoms with E-state index in [0.717, 1.165) is 21.4 Å². The minimum absolute atomic E-state index is 0.0661. The number of halogens is 2. The number of amides is 2. The molecule has 0 radical (unpaired) electrons. The predicted octanol–water partition coefficient (Wildman–Crippen LogP) is 5.67. The van der Waals surface area contributed by atoms with Crippen molar-refractivity contribution in [2.75, 3.05) is 5.75 Å². The van der Waals surface area contributed by atoms with Crippen molar-refractivity contribution in [1.82, 2.24) is 10.2 Å². The normalized spacial score (nSPS) is 12.3. The fraction of sp³-hybridized carbons (Fsp3) is 0.391. The third-order valence-electron chi connectivity index (χ3n) is 4.34. The molecule has 0 bridgehead atoms. The zero-order valence-corrected chi connectivity index (χ0v) is 20.9. The first-order chi connectivity index (χ1) is 14.0. The van der Waals surface area contributed by atoms with Crippen molar-refractivity contribution in [2.24, 2.45) is 0 Å². The van der Waals surface area contributed by atoms with Crippen LogP contribution in [-0.4, -0.2) is 34.0 Å². The summed E-state index contributed by atoms with van der Waals surface area (Å²) in [5, 5.41) is 3.61. The van der Waals surface area contributed by atoms with Crippen molar-refractivity contribution in [3.8, 4) is 0 Å². The Morgan fingerprint density at radius 1 is 1.07 bits per heavy atom. The molecule has 0 aliphatic heterocycles. The summed E-state index contributed by atoms with van der Waals surface area (Å²) in [6.45, 7) is 7.91. The average Bonchev–Trinajstić information content (AvgIpc) is 2.67. The Labute approximate surface area is 196 Å². The first-order valence-electron chi connectivity index (χ1n) is 9.73. The summed E-state index contributed by atoms with van der Waals surface area (Å²) in [7, 11) is 0. The molecule has 7 heteroatoms. The third-order valence-corrected chi connectivity index (χ3v) is 6.11. The number of carbonyl (C=O) groups is 2. The number of benzene rings is 2. The molecular weight excluding hydrogens is 484 g/mol. The van der Waals surface area contributed by atoms with Crippen LogP contribution in [-0.2, 0) is 21.9 Å². The van der Waals surface area contributed by atoms with Gasteiger partial charge in [-0.25, -0.2) is 0 Å². The van der Waals surface area contributed by atoms with Gasteiger partial charge in [-0.05, 0) is 63.1 Å². The van der Waals surface area contributed by atoms with Gasteiger partial charge in [0.15, 0.2) is 0 Å². The largest absolute Gasteiger partial charge is 0.350 e. The van der Waals surface area contributed by atoms with Crippen LogP contribution in [0.3, 0.4) is 0 Å². The Hall–Kier alpha value is -1.50. The molecule has 2 aromatic carbocycles. The smallest absolute Gasteiger partial charge is 0.242 e. The molecule has 0 heterocycles. The van der Waals surface area contributed by atoms with Crippen molar-refractivity contribution in [3.05, 3.63) is 69.2 Å². The van der Waals surface area contributed by atoms with Crippen LogP contribution in [0.1, 0.15) is 38.8 Å². The highest BCUT2D eigenvalue weighted by Crippen LogP contribution is 2.19. The van der Waals surface area contributed by atoms with Gasteiger partial charge >= 0.3 is 0 Å². The van der Waals surface area contributed by atoms with Gasteiger partial charge in [-0.2, -0.15) is 0 Å². The summed E-state index contributed by atoms with van der Waals surface area (Å²) >= 11 is 11.0. The van der Waals surface area contributed by atoms with E-state index in [-0.39, 0.29) is 17.4 Å². The lowest BCUT2D eigenvalue weighted by molar-refractivity contribution is -0.139. The highest BCUT2D eigenvalue weighted by Gasteiger charge is 2.28. The molecule has 0 aliphatic rings. The molecule has 0 saturated carbocycles. The summed E-state index contributed by atoms with van der Waals surface area (Å²) in [5.41, 5.74) is 1.72. The van der Waals surface area contributed by atoms with Crippen molar-refractivity contribution >= 4 is 51.1 Å². The van der Waals surface area contributed by atoms with E-state index in [1.807, 2.05) is 57.2 Å². The molecule has 0 saturated heterocycles. The standard InChI is InChI=1S/C23H28BrClN2O2S/c1-16(22(29)26-23(2,3)4)27(13-17-7-11-20(25)12-8-17)21(28)15-30-14-18-5-9-19(24)10-6-18/h5-12,16H,13-15H2,1-4H3,(H,26,29). The van der Waals surface area contributed by atoms with Crippen LogP contribution in [0.15, 0.2) is 53.0 Å². The second kappa shape index (κ2) is 11.2. The Morgan fingerprint density at radius 3 is 2.20 bits per heavy atom. The molecule has 30 heavy (non-hydrogen) atoms. The molecule has 2 aromatic rings. The zero-order valence-electron chi connectivity index (χ0n) is 17.7. The second-order valence-electron chi connectivity index (χ2n) is 8.18. The molecule has 0 aromatic heterocycles. The second-order valence-corrected chi connectivity index (χ2v) is 10.5. The van der Waals surface area contributed by atoms with Crippen LogP contribution in [0.25, 0.3) is 0 Å². The van der Waals surface area contributed by atoms with E-state index >= 15 is 0 Å². The monoisotopic (exact) mass is 510 g/mol. The molecule has 0 aliphatic carbocycles. The number of hydrogen-bond acceptors (Lipinski definition) is 3. The molecule has 1 atom stereocenters. The van der Waals surface area contributed by atoms with Gasteiger partial charge in [0.2, 0.25) is 11.8 Å². The van der Waals surface area contributed by atoms with Gasteiger partial charge in [0.25, 0.3) is 0 Å². The fourth-order valence-electron chi connectivity index (χ4n) is 2.76. The SMILES string of the molecule is CC(C(=O)NC(C)(C)C)N(Cc1ccc(Cl)cc1)C(=O)CSCc1ccc(Br)cc1. The van der Waals surface area contributed by atoms with Crippen LogP contribution < -0.4 is 5.32 Å². The van der Waals surface area contributed by atoms with E-state index in [1.165, 1.54) is 0 Å². The molecule has 1 N–H and O–H groups in total. The van der Waals surface area contributed by atoms with Crippen LogP contribution in [0.5, 0.6) is 0 Å². The zero-order chi connectivity index (χ0) is 22.3. The number of rotatable bonds is 8.